The Hall–Kier alpha value is -2.11. The molecule has 3 rings (SSSR count). The number of aromatic nitrogens is 3. The topological polar surface area (TPSA) is 50.8 Å². The number of nitrogens with zero attached hydrogens (tertiary/aromatic N) is 2. The van der Waals surface area contributed by atoms with E-state index < -0.39 is 0 Å². The molecule has 1 aromatic carbocycles. The number of nitrogens with one attached hydrogen (secondary N) is 1. The van der Waals surface area contributed by atoms with Crippen molar-refractivity contribution in [1.29, 1.82) is 0 Å². The number of rotatable bonds is 3. The van der Waals surface area contributed by atoms with Crippen molar-refractivity contribution in [3.63, 3.8) is 0 Å². The molecule has 2 aromatic heterocycles. The minimum Gasteiger partial charge on any atom is -0.377 e. The van der Waals surface area contributed by atoms with Gasteiger partial charge in [-0.1, -0.05) is 30.4 Å². The summed E-state index contributed by atoms with van der Waals surface area (Å²) in [5, 5.41) is 2.22. The molecular formula is C15H13N3OS. The maximum atomic E-state index is 5.22. The smallest absolute Gasteiger partial charge is 0.134 e. The number of ether oxygens (including phenoxy) is 1. The van der Waals surface area contributed by atoms with Gasteiger partial charge in [0.2, 0.25) is 0 Å². The van der Waals surface area contributed by atoms with Gasteiger partial charge in [0.1, 0.15) is 17.1 Å². The Morgan fingerprint density at radius 2 is 2.20 bits per heavy atom. The summed E-state index contributed by atoms with van der Waals surface area (Å²) >= 11 is 5.22. The van der Waals surface area contributed by atoms with E-state index in [2.05, 4.69) is 21.0 Å². The minimum atomic E-state index is 0.407. The first kappa shape index (κ1) is 12.9. The predicted octanol–water partition coefficient (Wildman–Crippen LogP) is 3.50. The Morgan fingerprint density at radius 1 is 1.30 bits per heavy atom. The van der Waals surface area contributed by atoms with E-state index in [0.717, 1.165) is 27.9 Å². The Kier molecular flexibility index (Phi) is 3.54. The van der Waals surface area contributed by atoms with Crippen LogP contribution in [0.2, 0.25) is 0 Å². The quantitative estimate of drug-likeness (QED) is 0.747. The van der Waals surface area contributed by atoms with E-state index >= 15 is 0 Å². The van der Waals surface area contributed by atoms with Crippen LogP contribution < -0.4 is 0 Å². The van der Waals surface area contributed by atoms with E-state index in [4.69, 9.17) is 17.0 Å². The molecule has 4 nitrogen and oxygen atoms in total. The third kappa shape index (κ3) is 2.45. The molecular weight excluding hydrogens is 270 g/mol. The van der Waals surface area contributed by atoms with Crippen LogP contribution in [0.5, 0.6) is 0 Å². The summed E-state index contributed by atoms with van der Waals surface area (Å²) in [6, 6.07) is 9.96. The van der Waals surface area contributed by atoms with E-state index in [1.807, 2.05) is 30.5 Å². The molecule has 0 bridgehead atoms. The van der Waals surface area contributed by atoms with Gasteiger partial charge in [-0.3, -0.25) is 4.98 Å². The standard InChI is InChI=1S/C15H13N3OS/c1-19-9-14-17-13(7-15(20)18-14)12-4-2-3-10-8-16-6-5-11(10)12/h2-8H,9H2,1H3,(H,17,18,20). The fraction of sp³-hybridized carbons (Fsp3) is 0.133. The largest absolute Gasteiger partial charge is 0.377 e. The van der Waals surface area contributed by atoms with Crippen LogP contribution in [0.4, 0.5) is 0 Å². The fourth-order valence-electron chi connectivity index (χ4n) is 2.22. The lowest BCUT2D eigenvalue weighted by Gasteiger charge is -2.08. The van der Waals surface area contributed by atoms with Crippen LogP contribution in [-0.2, 0) is 11.3 Å². The zero-order valence-corrected chi connectivity index (χ0v) is 11.8. The summed E-state index contributed by atoms with van der Waals surface area (Å²) in [6.07, 6.45) is 3.64. The van der Waals surface area contributed by atoms with Gasteiger partial charge in [0.15, 0.2) is 0 Å². The normalized spacial score (nSPS) is 10.8. The highest BCUT2D eigenvalue weighted by Crippen LogP contribution is 2.26. The molecule has 0 spiro atoms. The molecule has 0 aliphatic rings. The second-order valence-corrected chi connectivity index (χ2v) is 4.83. The maximum Gasteiger partial charge on any atom is 0.134 e. The van der Waals surface area contributed by atoms with Gasteiger partial charge in [-0.05, 0) is 17.5 Å². The van der Waals surface area contributed by atoms with Gasteiger partial charge in [0, 0.05) is 30.5 Å². The van der Waals surface area contributed by atoms with Crippen LogP contribution >= 0.6 is 12.2 Å². The van der Waals surface area contributed by atoms with Crippen LogP contribution in [0.1, 0.15) is 5.82 Å². The molecule has 100 valence electrons. The Labute approximate surface area is 121 Å². The summed E-state index contributed by atoms with van der Waals surface area (Å²) in [5.74, 6) is 0.723. The Balaban J connectivity index is 2.23. The first-order valence-electron chi connectivity index (χ1n) is 6.20. The van der Waals surface area contributed by atoms with Crippen molar-refractivity contribution in [2.75, 3.05) is 7.11 Å². The van der Waals surface area contributed by atoms with Gasteiger partial charge < -0.3 is 9.72 Å². The molecule has 0 aliphatic heterocycles. The van der Waals surface area contributed by atoms with E-state index in [-0.39, 0.29) is 0 Å². The lowest BCUT2D eigenvalue weighted by atomic mass is 10.0. The van der Waals surface area contributed by atoms with Gasteiger partial charge in [-0.25, -0.2) is 4.98 Å². The van der Waals surface area contributed by atoms with Gasteiger partial charge in [0.25, 0.3) is 0 Å². The van der Waals surface area contributed by atoms with Crippen molar-refractivity contribution in [1.82, 2.24) is 15.0 Å². The monoisotopic (exact) mass is 283 g/mol. The first-order valence-corrected chi connectivity index (χ1v) is 6.61. The molecule has 0 saturated carbocycles. The van der Waals surface area contributed by atoms with Gasteiger partial charge in [0.05, 0.1) is 5.69 Å². The lowest BCUT2D eigenvalue weighted by Crippen LogP contribution is -1.99. The number of fused-ring (bicyclic) bond motifs is 1. The minimum absolute atomic E-state index is 0.407. The molecule has 0 atom stereocenters. The molecule has 3 aromatic rings. The summed E-state index contributed by atoms with van der Waals surface area (Å²) in [6.45, 7) is 0.407. The summed E-state index contributed by atoms with van der Waals surface area (Å²) < 4.78 is 5.66. The van der Waals surface area contributed by atoms with Crippen LogP contribution in [0.3, 0.4) is 0 Å². The van der Waals surface area contributed by atoms with Crippen molar-refractivity contribution in [2.45, 2.75) is 6.61 Å². The van der Waals surface area contributed by atoms with Gasteiger partial charge >= 0.3 is 0 Å². The average molecular weight is 283 g/mol. The summed E-state index contributed by atoms with van der Waals surface area (Å²) in [5.41, 5.74) is 2.02. The summed E-state index contributed by atoms with van der Waals surface area (Å²) in [7, 11) is 1.63. The Bertz CT molecular complexity index is 808. The maximum absolute atomic E-state index is 5.22. The zero-order valence-electron chi connectivity index (χ0n) is 11.0. The number of benzene rings is 1. The number of hydrogen-bond donors (Lipinski definition) is 1. The molecule has 0 aliphatic carbocycles. The molecule has 20 heavy (non-hydrogen) atoms. The lowest BCUT2D eigenvalue weighted by molar-refractivity contribution is 0.178. The molecule has 0 fully saturated rings. The van der Waals surface area contributed by atoms with E-state index in [1.165, 1.54) is 0 Å². The van der Waals surface area contributed by atoms with Crippen molar-refractivity contribution < 1.29 is 4.74 Å². The van der Waals surface area contributed by atoms with Gasteiger partial charge in [-0.2, -0.15) is 0 Å². The van der Waals surface area contributed by atoms with E-state index in [0.29, 0.717) is 11.2 Å². The van der Waals surface area contributed by atoms with Crippen LogP contribution in [0.15, 0.2) is 42.7 Å². The molecule has 5 heteroatoms. The molecule has 0 amide bonds. The van der Waals surface area contributed by atoms with Crippen molar-refractivity contribution in [3.05, 3.63) is 53.2 Å². The second-order valence-electron chi connectivity index (χ2n) is 4.42. The number of methoxy groups -OCH3 is 1. The van der Waals surface area contributed by atoms with Crippen molar-refractivity contribution in [2.24, 2.45) is 0 Å². The SMILES string of the molecule is COCc1nc(=S)cc(-c2cccc3cnccc23)[nH]1. The number of H-pyrrole nitrogens is 1. The average Bonchev–Trinajstić information content (AvgIpc) is 2.46. The fourth-order valence-corrected chi connectivity index (χ4v) is 2.44. The third-order valence-electron chi connectivity index (χ3n) is 3.04. The second kappa shape index (κ2) is 5.48. The van der Waals surface area contributed by atoms with E-state index in [9.17, 15) is 0 Å². The molecule has 0 saturated heterocycles. The number of pyridine rings is 1. The van der Waals surface area contributed by atoms with Crippen LogP contribution in [-0.4, -0.2) is 22.1 Å². The Morgan fingerprint density at radius 3 is 3.05 bits per heavy atom. The predicted molar refractivity (Wildman–Crippen MR) is 80.9 cm³/mol. The third-order valence-corrected chi connectivity index (χ3v) is 3.25. The molecule has 2 heterocycles. The van der Waals surface area contributed by atoms with Crippen LogP contribution in [0.25, 0.3) is 22.0 Å². The number of hydrogen-bond acceptors (Lipinski definition) is 4. The molecule has 0 unspecified atom stereocenters. The molecule has 1 N–H and O–H groups in total. The van der Waals surface area contributed by atoms with Crippen molar-refractivity contribution in [3.8, 4) is 11.3 Å². The number of aromatic amines is 1. The molecule has 0 radical (unpaired) electrons. The summed E-state index contributed by atoms with van der Waals surface area (Å²) in [4.78, 5) is 11.7. The highest BCUT2D eigenvalue weighted by atomic mass is 32.1. The van der Waals surface area contributed by atoms with E-state index in [1.54, 1.807) is 13.3 Å². The van der Waals surface area contributed by atoms with Crippen molar-refractivity contribution >= 4 is 23.0 Å². The zero-order chi connectivity index (χ0) is 13.9. The van der Waals surface area contributed by atoms with Crippen LogP contribution in [0, 0.1) is 4.64 Å². The van der Waals surface area contributed by atoms with Gasteiger partial charge in [-0.15, -0.1) is 0 Å². The highest BCUT2D eigenvalue weighted by Gasteiger charge is 2.06. The highest BCUT2D eigenvalue weighted by molar-refractivity contribution is 7.71. The first-order chi connectivity index (χ1) is 9.78.